The summed E-state index contributed by atoms with van der Waals surface area (Å²) < 4.78 is 11.6. The standard InChI is InChI=1S/C18H21N3O4S/c1-2-13-8-26-17(19-13)21-20-14-15(22)24-18(25-16(14)23)11-4-9-3-10(6-11)7-12(18)5-9/h8-12H,2-7H2,1H3,(H,19,21). The SMILES string of the molecule is CCc1csc(NN=C2C(=O)OC3(OC2=O)C2CC4CC(C2)CC3C4)n1. The van der Waals surface area contributed by atoms with E-state index in [1.807, 2.05) is 12.3 Å². The van der Waals surface area contributed by atoms with Crippen LogP contribution in [0.25, 0.3) is 0 Å². The Balaban J connectivity index is 1.36. The minimum Gasteiger partial charge on any atom is -0.417 e. The molecule has 2 heterocycles. The van der Waals surface area contributed by atoms with E-state index in [0.29, 0.717) is 17.0 Å². The summed E-state index contributed by atoms with van der Waals surface area (Å²) in [6.45, 7) is 2.00. The molecule has 0 amide bonds. The fourth-order valence-corrected chi connectivity index (χ4v) is 6.12. The lowest BCUT2D eigenvalue weighted by Gasteiger charge is -2.59. The maximum Gasteiger partial charge on any atom is 0.369 e. The molecule has 6 rings (SSSR count). The smallest absolute Gasteiger partial charge is 0.369 e. The van der Waals surface area contributed by atoms with Gasteiger partial charge in [0.15, 0.2) is 0 Å². The highest BCUT2D eigenvalue weighted by Gasteiger charge is 2.64. The van der Waals surface area contributed by atoms with E-state index < -0.39 is 17.7 Å². The van der Waals surface area contributed by atoms with Crippen LogP contribution in [-0.4, -0.2) is 28.4 Å². The van der Waals surface area contributed by atoms with Gasteiger partial charge in [0.05, 0.1) is 5.69 Å². The van der Waals surface area contributed by atoms with E-state index in [0.717, 1.165) is 37.8 Å². The Bertz CT molecular complexity index is 752. The highest BCUT2D eigenvalue weighted by molar-refractivity contribution is 7.13. The number of ether oxygens (including phenoxy) is 2. The van der Waals surface area contributed by atoms with E-state index in [1.54, 1.807) is 0 Å². The molecule has 1 aliphatic heterocycles. The number of carbonyl (C=O) groups excluding carboxylic acids is 2. The Morgan fingerprint density at radius 3 is 2.31 bits per heavy atom. The Labute approximate surface area is 155 Å². The fraction of sp³-hybridized carbons (Fsp3) is 0.667. The summed E-state index contributed by atoms with van der Waals surface area (Å²) in [4.78, 5) is 29.4. The van der Waals surface area contributed by atoms with Crippen molar-refractivity contribution in [3.05, 3.63) is 11.1 Å². The van der Waals surface area contributed by atoms with Crippen molar-refractivity contribution in [3.63, 3.8) is 0 Å². The average Bonchev–Trinajstić information content (AvgIpc) is 3.06. The van der Waals surface area contributed by atoms with Crippen LogP contribution in [0.3, 0.4) is 0 Å². The zero-order chi connectivity index (χ0) is 17.9. The van der Waals surface area contributed by atoms with Gasteiger partial charge in [-0.05, 0) is 50.4 Å². The first kappa shape index (κ1) is 16.2. The second kappa shape index (κ2) is 5.77. The van der Waals surface area contributed by atoms with Crippen molar-refractivity contribution in [2.45, 2.75) is 51.2 Å². The lowest BCUT2D eigenvalue weighted by molar-refractivity contribution is -0.308. The Morgan fingerprint density at radius 2 is 1.77 bits per heavy atom. The number of esters is 2. The molecule has 4 aliphatic carbocycles. The third kappa shape index (κ3) is 2.38. The molecular weight excluding hydrogens is 354 g/mol. The number of anilines is 1. The number of nitrogens with zero attached hydrogens (tertiary/aromatic N) is 2. The first-order valence-corrected chi connectivity index (χ1v) is 10.2. The number of hydrogen-bond donors (Lipinski definition) is 1. The van der Waals surface area contributed by atoms with Gasteiger partial charge in [-0.3, -0.25) is 5.43 Å². The molecule has 8 heteroatoms. The van der Waals surface area contributed by atoms with E-state index in [9.17, 15) is 9.59 Å². The molecule has 1 aromatic heterocycles. The molecule has 5 fully saturated rings. The van der Waals surface area contributed by atoms with Gasteiger partial charge in [-0.25, -0.2) is 14.6 Å². The monoisotopic (exact) mass is 375 g/mol. The van der Waals surface area contributed by atoms with E-state index in [-0.39, 0.29) is 17.5 Å². The topological polar surface area (TPSA) is 89.9 Å². The molecule has 4 saturated carbocycles. The van der Waals surface area contributed by atoms with Gasteiger partial charge in [-0.15, -0.1) is 11.3 Å². The van der Waals surface area contributed by atoms with Crippen molar-refractivity contribution in [1.82, 2.24) is 4.98 Å². The average molecular weight is 375 g/mol. The Kier molecular flexibility index (Phi) is 3.60. The van der Waals surface area contributed by atoms with Crippen LogP contribution in [0.1, 0.15) is 44.7 Å². The highest BCUT2D eigenvalue weighted by Crippen LogP contribution is 2.60. The van der Waals surface area contributed by atoms with Crippen LogP contribution in [0, 0.1) is 23.7 Å². The largest absolute Gasteiger partial charge is 0.417 e. The number of aryl methyl sites for hydroxylation is 1. The van der Waals surface area contributed by atoms with Gasteiger partial charge in [-0.1, -0.05) is 6.92 Å². The molecule has 0 atom stereocenters. The number of nitrogens with one attached hydrogen (secondary N) is 1. The summed E-state index contributed by atoms with van der Waals surface area (Å²) in [6, 6.07) is 0. The molecule has 1 saturated heterocycles. The number of thiazole rings is 1. The summed E-state index contributed by atoms with van der Waals surface area (Å²) in [5.41, 5.74) is 3.27. The lowest BCUT2D eigenvalue weighted by atomic mass is 9.53. The number of aromatic nitrogens is 1. The van der Waals surface area contributed by atoms with Gasteiger partial charge >= 0.3 is 11.9 Å². The summed E-state index contributed by atoms with van der Waals surface area (Å²) in [5.74, 6) is -0.789. The molecule has 4 bridgehead atoms. The van der Waals surface area contributed by atoms with Gasteiger partial charge < -0.3 is 9.47 Å². The number of carbonyl (C=O) groups is 2. The maximum absolute atomic E-state index is 12.6. The molecular formula is C18H21N3O4S. The fourth-order valence-electron chi connectivity index (χ4n) is 5.38. The molecule has 1 spiro atoms. The third-order valence-electron chi connectivity index (χ3n) is 6.34. The number of hydrogen-bond acceptors (Lipinski definition) is 8. The summed E-state index contributed by atoms with van der Waals surface area (Å²) in [6.07, 6.45) is 6.02. The predicted octanol–water partition coefficient (Wildman–Crippen LogP) is 2.73. The van der Waals surface area contributed by atoms with E-state index in [2.05, 4.69) is 15.5 Å². The van der Waals surface area contributed by atoms with Crippen molar-refractivity contribution in [2.24, 2.45) is 28.8 Å². The molecule has 138 valence electrons. The second-order valence-electron chi connectivity index (χ2n) is 7.87. The number of hydrazone groups is 1. The molecule has 7 nitrogen and oxygen atoms in total. The zero-order valence-electron chi connectivity index (χ0n) is 14.6. The first-order chi connectivity index (χ1) is 12.6. The highest BCUT2D eigenvalue weighted by atomic mass is 32.1. The van der Waals surface area contributed by atoms with Crippen LogP contribution in [0.5, 0.6) is 0 Å². The third-order valence-corrected chi connectivity index (χ3v) is 7.14. The van der Waals surface area contributed by atoms with Gasteiger partial charge in [0.2, 0.25) is 5.13 Å². The molecule has 0 unspecified atom stereocenters. The van der Waals surface area contributed by atoms with Gasteiger partial charge in [0.1, 0.15) is 0 Å². The molecule has 26 heavy (non-hydrogen) atoms. The summed E-state index contributed by atoms with van der Waals surface area (Å²) in [7, 11) is 0. The normalized spacial score (nSPS) is 37.7. The van der Waals surface area contributed by atoms with Crippen LogP contribution >= 0.6 is 11.3 Å². The van der Waals surface area contributed by atoms with Gasteiger partial charge in [0, 0.05) is 17.2 Å². The lowest BCUT2D eigenvalue weighted by Crippen LogP contribution is -2.65. The van der Waals surface area contributed by atoms with Gasteiger partial charge in [0.25, 0.3) is 11.5 Å². The maximum atomic E-state index is 12.6. The van der Waals surface area contributed by atoms with Crippen LogP contribution in [0.4, 0.5) is 5.13 Å². The van der Waals surface area contributed by atoms with Crippen LogP contribution in [0.15, 0.2) is 10.5 Å². The van der Waals surface area contributed by atoms with Crippen molar-refractivity contribution in [2.75, 3.05) is 5.43 Å². The molecule has 5 aliphatic rings. The van der Waals surface area contributed by atoms with Crippen molar-refractivity contribution >= 4 is 34.1 Å². The van der Waals surface area contributed by atoms with Gasteiger partial charge in [-0.2, -0.15) is 5.10 Å². The molecule has 1 N–H and O–H groups in total. The van der Waals surface area contributed by atoms with Crippen LogP contribution in [0.2, 0.25) is 0 Å². The Hall–Kier alpha value is -1.96. The quantitative estimate of drug-likeness (QED) is 0.645. The van der Waals surface area contributed by atoms with E-state index >= 15 is 0 Å². The van der Waals surface area contributed by atoms with Crippen LogP contribution in [-0.2, 0) is 25.5 Å². The minimum atomic E-state index is -1.06. The second-order valence-corrected chi connectivity index (χ2v) is 8.73. The molecule has 1 aromatic rings. The predicted molar refractivity (Wildman–Crippen MR) is 94.5 cm³/mol. The molecule has 0 aromatic carbocycles. The van der Waals surface area contributed by atoms with Crippen LogP contribution < -0.4 is 5.43 Å². The molecule has 0 radical (unpaired) electrons. The first-order valence-electron chi connectivity index (χ1n) is 9.32. The Morgan fingerprint density at radius 1 is 1.15 bits per heavy atom. The van der Waals surface area contributed by atoms with Crippen molar-refractivity contribution in [1.29, 1.82) is 0 Å². The van der Waals surface area contributed by atoms with Crippen molar-refractivity contribution < 1.29 is 19.1 Å². The van der Waals surface area contributed by atoms with E-state index in [4.69, 9.17) is 9.47 Å². The van der Waals surface area contributed by atoms with Crippen molar-refractivity contribution in [3.8, 4) is 0 Å². The zero-order valence-corrected chi connectivity index (χ0v) is 15.4. The summed E-state index contributed by atoms with van der Waals surface area (Å²) >= 11 is 1.37. The summed E-state index contributed by atoms with van der Waals surface area (Å²) in [5, 5.41) is 6.36. The number of rotatable bonds is 3. The minimum absolute atomic E-state index is 0.132. The van der Waals surface area contributed by atoms with E-state index in [1.165, 1.54) is 17.8 Å².